The summed E-state index contributed by atoms with van der Waals surface area (Å²) in [6, 6.07) is 0.692. The van der Waals surface area contributed by atoms with Crippen molar-refractivity contribution in [3.8, 4) is 0 Å². The number of likely N-dealkylation sites (tertiary alicyclic amines) is 2. The SMILES string of the molecule is CCN1CCC(CCNC(=NC)N2CCC(N(CC)CC)C2)CC1. The molecule has 5 nitrogen and oxygen atoms in total. The second-order valence-corrected chi connectivity index (χ2v) is 7.25. The molecular formula is C19H39N5. The van der Waals surface area contributed by atoms with Gasteiger partial charge in [0.2, 0.25) is 0 Å². The van der Waals surface area contributed by atoms with Gasteiger partial charge in [-0.3, -0.25) is 9.89 Å². The van der Waals surface area contributed by atoms with Gasteiger partial charge in [-0.15, -0.1) is 0 Å². The predicted octanol–water partition coefficient (Wildman–Crippen LogP) is 2.10. The fourth-order valence-electron chi connectivity index (χ4n) is 4.28. The third kappa shape index (κ3) is 5.35. The van der Waals surface area contributed by atoms with Crippen molar-refractivity contribution in [2.24, 2.45) is 10.9 Å². The smallest absolute Gasteiger partial charge is 0.193 e. The van der Waals surface area contributed by atoms with Gasteiger partial charge >= 0.3 is 0 Å². The minimum atomic E-state index is 0.692. The minimum Gasteiger partial charge on any atom is -0.356 e. The van der Waals surface area contributed by atoms with Crippen LogP contribution in [0.25, 0.3) is 0 Å². The summed E-state index contributed by atoms with van der Waals surface area (Å²) in [7, 11) is 1.92. The molecule has 0 aromatic rings. The van der Waals surface area contributed by atoms with E-state index >= 15 is 0 Å². The molecule has 0 saturated carbocycles. The molecule has 2 saturated heterocycles. The van der Waals surface area contributed by atoms with Crippen molar-refractivity contribution >= 4 is 5.96 Å². The Morgan fingerprint density at radius 2 is 1.79 bits per heavy atom. The van der Waals surface area contributed by atoms with E-state index in [4.69, 9.17) is 0 Å². The van der Waals surface area contributed by atoms with E-state index in [0.29, 0.717) is 6.04 Å². The number of aliphatic imine (C=N–C) groups is 1. The zero-order valence-electron chi connectivity index (χ0n) is 16.4. The molecule has 140 valence electrons. The number of piperidine rings is 1. The van der Waals surface area contributed by atoms with Crippen molar-refractivity contribution in [1.29, 1.82) is 0 Å². The molecule has 2 aliphatic heterocycles. The molecule has 1 atom stereocenters. The highest BCUT2D eigenvalue weighted by Gasteiger charge is 2.28. The number of nitrogens with zero attached hydrogens (tertiary/aromatic N) is 4. The topological polar surface area (TPSA) is 34.1 Å². The van der Waals surface area contributed by atoms with E-state index < -0.39 is 0 Å². The van der Waals surface area contributed by atoms with Gasteiger partial charge in [0.05, 0.1) is 0 Å². The number of rotatable bonds is 7. The summed E-state index contributed by atoms with van der Waals surface area (Å²) < 4.78 is 0. The number of hydrogen-bond donors (Lipinski definition) is 1. The van der Waals surface area contributed by atoms with E-state index in [0.717, 1.165) is 44.6 Å². The second kappa shape index (κ2) is 10.2. The van der Waals surface area contributed by atoms with Crippen molar-refractivity contribution in [3.05, 3.63) is 0 Å². The lowest BCUT2D eigenvalue weighted by atomic mass is 9.93. The fraction of sp³-hybridized carbons (Fsp3) is 0.947. The Labute approximate surface area is 149 Å². The van der Waals surface area contributed by atoms with Crippen LogP contribution in [0.5, 0.6) is 0 Å². The first-order valence-electron chi connectivity index (χ1n) is 10.1. The summed E-state index contributed by atoms with van der Waals surface area (Å²) in [4.78, 5) is 12.1. The molecule has 0 aromatic carbocycles. The zero-order valence-corrected chi connectivity index (χ0v) is 16.4. The van der Waals surface area contributed by atoms with Crippen molar-refractivity contribution < 1.29 is 0 Å². The van der Waals surface area contributed by atoms with E-state index in [9.17, 15) is 0 Å². The molecule has 0 spiro atoms. The summed E-state index contributed by atoms with van der Waals surface area (Å²) in [6.45, 7) is 16.2. The summed E-state index contributed by atoms with van der Waals surface area (Å²) >= 11 is 0. The molecule has 2 aliphatic rings. The lowest BCUT2D eigenvalue weighted by Crippen LogP contribution is -2.44. The molecule has 0 aromatic heterocycles. The van der Waals surface area contributed by atoms with Crippen LogP contribution in [0.2, 0.25) is 0 Å². The highest BCUT2D eigenvalue weighted by molar-refractivity contribution is 5.80. The Morgan fingerprint density at radius 3 is 2.38 bits per heavy atom. The molecule has 2 fully saturated rings. The Bertz CT molecular complexity index is 372. The van der Waals surface area contributed by atoms with Crippen LogP contribution in [0.4, 0.5) is 0 Å². The maximum Gasteiger partial charge on any atom is 0.193 e. The van der Waals surface area contributed by atoms with Gasteiger partial charge in [-0.25, -0.2) is 0 Å². The van der Waals surface area contributed by atoms with Crippen LogP contribution in [-0.2, 0) is 0 Å². The zero-order chi connectivity index (χ0) is 17.4. The van der Waals surface area contributed by atoms with Gasteiger partial charge in [0, 0.05) is 32.7 Å². The van der Waals surface area contributed by atoms with Crippen LogP contribution in [0.1, 0.15) is 46.5 Å². The number of nitrogens with one attached hydrogen (secondary N) is 1. The second-order valence-electron chi connectivity index (χ2n) is 7.25. The van der Waals surface area contributed by atoms with Crippen LogP contribution in [-0.4, -0.2) is 86.1 Å². The molecule has 1 unspecified atom stereocenters. The maximum atomic E-state index is 4.53. The summed E-state index contributed by atoms with van der Waals surface area (Å²) in [5, 5.41) is 3.62. The van der Waals surface area contributed by atoms with Crippen molar-refractivity contribution in [2.75, 3.05) is 59.4 Å². The average Bonchev–Trinajstić information content (AvgIpc) is 3.10. The molecule has 0 bridgehead atoms. The van der Waals surface area contributed by atoms with Crippen LogP contribution in [0.3, 0.4) is 0 Å². The summed E-state index contributed by atoms with van der Waals surface area (Å²) in [5.41, 5.74) is 0. The van der Waals surface area contributed by atoms with E-state index in [1.807, 2.05) is 7.05 Å². The van der Waals surface area contributed by atoms with Gasteiger partial charge in [0.15, 0.2) is 5.96 Å². The lowest BCUT2D eigenvalue weighted by Gasteiger charge is -2.31. The van der Waals surface area contributed by atoms with Crippen molar-refractivity contribution in [1.82, 2.24) is 20.0 Å². The number of likely N-dealkylation sites (N-methyl/N-ethyl adjacent to an activating group) is 1. The molecular weight excluding hydrogens is 298 g/mol. The van der Waals surface area contributed by atoms with Crippen LogP contribution in [0, 0.1) is 5.92 Å². The first-order valence-corrected chi connectivity index (χ1v) is 10.1. The van der Waals surface area contributed by atoms with Crippen LogP contribution >= 0.6 is 0 Å². The van der Waals surface area contributed by atoms with Gasteiger partial charge in [0.25, 0.3) is 0 Å². The minimum absolute atomic E-state index is 0.692. The van der Waals surface area contributed by atoms with Gasteiger partial charge in [-0.05, 0) is 64.3 Å². The third-order valence-electron chi connectivity index (χ3n) is 5.99. The Balaban J connectivity index is 1.70. The Kier molecular flexibility index (Phi) is 8.33. The molecule has 0 aliphatic carbocycles. The van der Waals surface area contributed by atoms with Gasteiger partial charge in [-0.2, -0.15) is 0 Å². The van der Waals surface area contributed by atoms with Crippen molar-refractivity contribution in [3.63, 3.8) is 0 Å². The maximum absolute atomic E-state index is 4.53. The normalized spacial score (nSPS) is 24.1. The highest BCUT2D eigenvalue weighted by Crippen LogP contribution is 2.20. The molecule has 2 rings (SSSR count). The first kappa shape index (κ1) is 19.5. The van der Waals surface area contributed by atoms with Crippen LogP contribution in [0.15, 0.2) is 4.99 Å². The standard InChI is InChI=1S/C19H39N5/c1-5-22-13-9-17(10-14-22)8-12-21-19(20-4)24-15-11-18(16-24)23(6-2)7-3/h17-18H,5-16H2,1-4H3,(H,20,21). The average molecular weight is 338 g/mol. The van der Waals surface area contributed by atoms with Gasteiger partial charge < -0.3 is 15.1 Å². The summed E-state index contributed by atoms with van der Waals surface area (Å²) in [5.74, 6) is 2.00. The quantitative estimate of drug-likeness (QED) is 0.570. The predicted molar refractivity (Wildman–Crippen MR) is 104 cm³/mol. The molecule has 0 radical (unpaired) electrons. The van der Waals surface area contributed by atoms with E-state index in [1.165, 1.54) is 45.3 Å². The number of guanidine groups is 1. The number of hydrogen-bond acceptors (Lipinski definition) is 3. The molecule has 0 amide bonds. The molecule has 24 heavy (non-hydrogen) atoms. The van der Waals surface area contributed by atoms with Gasteiger partial charge in [-0.1, -0.05) is 20.8 Å². The third-order valence-corrected chi connectivity index (χ3v) is 5.99. The molecule has 1 N–H and O–H groups in total. The molecule has 2 heterocycles. The van der Waals surface area contributed by atoms with E-state index in [2.05, 4.69) is 45.8 Å². The fourth-order valence-corrected chi connectivity index (χ4v) is 4.28. The summed E-state index contributed by atoms with van der Waals surface area (Å²) in [6.07, 6.45) is 5.27. The molecule has 5 heteroatoms. The van der Waals surface area contributed by atoms with E-state index in [1.54, 1.807) is 0 Å². The lowest BCUT2D eigenvalue weighted by molar-refractivity contribution is 0.187. The first-order chi connectivity index (χ1) is 11.7. The monoisotopic (exact) mass is 337 g/mol. The Morgan fingerprint density at radius 1 is 1.08 bits per heavy atom. The van der Waals surface area contributed by atoms with Crippen LogP contribution < -0.4 is 5.32 Å². The van der Waals surface area contributed by atoms with Crippen molar-refractivity contribution in [2.45, 2.75) is 52.5 Å². The van der Waals surface area contributed by atoms with E-state index in [-0.39, 0.29) is 0 Å². The Hall–Kier alpha value is -0.810. The van der Waals surface area contributed by atoms with Gasteiger partial charge in [0.1, 0.15) is 0 Å². The highest BCUT2D eigenvalue weighted by atomic mass is 15.3. The largest absolute Gasteiger partial charge is 0.356 e.